The van der Waals surface area contributed by atoms with Crippen LogP contribution in [0.25, 0.3) is 0 Å². The number of halogens is 2. The number of ether oxygens (including phenoxy) is 2. The summed E-state index contributed by atoms with van der Waals surface area (Å²) in [6, 6.07) is 9.81. The first-order chi connectivity index (χ1) is 13.7. The van der Waals surface area contributed by atoms with Crippen LogP contribution in [0.1, 0.15) is 42.6 Å². The Morgan fingerprint density at radius 2 is 1.90 bits per heavy atom. The van der Waals surface area contributed by atoms with E-state index in [9.17, 15) is 18.4 Å². The van der Waals surface area contributed by atoms with Crippen LogP contribution in [0, 0.1) is 11.6 Å². The van der Waals surface area contributed by atoms with Crippen molar-refractivity contribution in [2.75, 3.05) is 6.54 Å². The summed E-state index contributed by atoms with van der Waals surface area (Å²) in [7, 11) is 0. The minimum absolute atomic E-state index is 0.0753. The van der Waals surface area contributed by atoms with Crippen LogP contribution in [0.4, 0.5) is 13.6 Å². The average Bonchev–Trinajstić information content (AvgIpc) is 2.62. The van der Waals surface area contributed by atoms with Gasteiger partial charge in [0, 0.05) is 12.6 Å². The Bertz CT molecular complexity index is 872. The number of hydrogen-bond acceptors (Lipinski definition) is 4. The molecule has 156 valence electrons. The highest BCUT2D eigenvalue weighted by Gasteiger charge is 2.21. The van der Waals surface area contributed by atoms with Gasteiger partial charge in [-0.2, -0.15) is 0 Å². The molecule has 0 aromatic heterocycles. The molecule has 0 aliphatic heterocycles. The third kappa shape index (κ3) is 7.40. The van der Waals surface area contributed by atoms with Gasteiger partial charge in [0.2, 0.25) is 0 Å². The second-order valence-corrected chi connectivity index (χ2v) is 7.10. The van der Waals surface area contributed by atoms with E-state index in [0.29, 0.717) is 18.4 Å². The van der Waals surface area contributed by atoms with E-state index in [-0.39, 0.29) is 30.3 Å². The van der Waals surface area contributed by atoms with E-state index in [1.165, 1.54) is 24.3 Å². The highest BCUT2D eigenvalue weighted by atomic mass is 19.1. The van der Waals surface area contributed by atoms with Crippen LogP contribution in [0.15, 0.2) is 42.5 Å². The average molecular weight is 406 g/mol. The molecular formula is C21H24F2N2O4. The van der Waals surface area contributed by atoms with E-state index >= 15 is 0 Å². The van der Waals surface area contributed by atoms with Crippen LogP contribution in [0.2, 0.25) is 0 Å². The van der Waals surface area contributed by atoms with Crippen molar-refractivity contribution in [3.8, 4) is 5.75 Å². The van der Waals surface area contributed by atoms with Crippen molar-refractivity contribution in [1.82, 2.24) is 5.32 Å². The molecule has 3 N–H and O–H groups in total. The summed E-state index contributed by atoms with van der Waals surface area (Å²) in [6.45, 7) is 3.77. The number of primary amides is 1. The number of amides is 2. The SMILES string of the molecule is CC(C)(CCCNC(=O)c1ccc(OCc2cccc(F)c2)cc1F)OC(N)=O. The monoisotopic (exact) mass is 406 g/mol. The molecule has 0 spiro atoms. The second kappa shape index (κ2) is 9.86. The molecule has 8 heteroatoms. The fraction of sp³-hybridized carbons (Fsp3) is 0.333. The van der Waals surface area contributed by atoms with Crippen molar-refractivity contribution in [3.63, 3.8) is 0 Å². The Balaban J connectivity index is 1.84. The van der Waals surface area contributed by atoms with Gasteiger partial charge in [-0.25, -0.2) is 13.6 Å². The van der Waals surface area contributed by atoms with Gasteiger partial charge in [0.1, 0.15) is 29.6 Å². The van der Waals surface area contributed by atoms with Crippen LogP contribution in [-0.2, 0) is 11.3 Å². The smallest absolute Gasteiger partial charge is 0.405 e. The predicted octanol–water partition coefficient (Wildman–Crippen LogP) is 3.93. The van der Waals surface area contributed by atoms with Crippen LogP contribution < -0.4 is 15.8 Å². The van der Waals surface area contributed by atoms with Gasteiger partial charge in [0.25, 0.3) is 5.91 Å². The summed E-state index contributed by atoms with van der Waals surface area (Å²) in [5.41, 5.74) is 4.74. The van der Waals surface area contributed by atoms with Gasteiger partial charge in [0.05, 0.1) is 5.56 Å². The zero-order valence-corrected chi connectivity index (χ0v) is 16.3. The molecule has 0 aliphatic carbocycles. The van der Waals surface area contributed by atoms with Gasteiger partial charge < -0.3 is 20.5 Å². The molecule has 0 saturated carbocycles. The van der Waals surface area contributed by atoms with Crippen molar-refractivity contribution in [2.24, 2.45) is 5.73 Å². The Morgan fingerprint density at radius 1 is 1.14 bits per heavy atom. The molecule has 0 atom stereocenters. The maximum absolute atomic E-state index is 14.3. The fourth-order valence-corrected chi connectivity index (χ4v) is 2.70. The standard InChI is InChI=1S/C21H24F2N2O4/c1-21(2,29-20(24)27)9-4-10-25-19(26)17-8-7-16(12-18(17)23)28-13-14-5-3-6-15(22)11-14/h3,5-8,11-12H,4,9-10,13H2,1-2H3,(H2,24,27)(H,25,26). The van der Waals surface area contributed by atoms with Crippen molar-refractivity contribution >= 4 is 12.0 Å². The minimum atomic E-state index is -0.860. The minimum Gasteiger partial charge on any atom is -0.489 e. The lowest BCUT2D eigenvalue weighted by molar-refractivity contribution is 0.0375. The Kier molecular flexibility index (Phi) is 7.52. The summed E-state index contributed by atoms with van der Waals surface area (Å²) >= 11 is 0. The summed E-state index contributed by atoms with van der Waals surface area (Å²) in [5, 5.41) is 2.62. The maximum Gasteiger partial charge on any atom is 0.405 e. The van der Waals surface area contributed by atoms with Gasteiger partial charge in [-0.3, -0.25) is 4.79 Å². The number of hydrogen-bond donors (Lipinski definition) is 2. The first kappa shape index (κ1) is 22.1. The number of carbonyl (C=O) groups excluding carboxylic acids is 2. The fourth-order valence-electron chi connectivity index (χ4n) is 2.70. The lowest BCUT2D eigenvalue weighted by Gasteiger charge is -2.23. The van der Waals surface area contributed by atoms with Crippen molar-refractivity contribution in [2.45, 2.75) is 38.9 Å². The van der Waals surface area contributed by atoms with Gasteiger partial charge in [0.15, 0.2) is 0 Å². The van der Waals surface area contributed by atoms with Crippen LogP contribution in [-0.4, -0.2) is 24.1 Å². The molecule has 0 heterocycles. The summed E-state index contributed by atoms with van der Waals surface area (Å²) in [6.07, 6.45) is 0.134. The summed E-state index contributed by atoms with van der Waals surface area (Å²) < 4.78 is 37.8. The van der Waals surface area contributed by atoms with E-state index in [4.69, 9.17) is 15.2 Å². The van der Waals surface area contributed by atoms with Gasteiger partial charge in [-0.15, -0.1) is 0 Å². The number of nitrogens with two attached hydrogens (primary N) is 1. The molecule has 2 aromatic rings. The zero-order chi connectivity index (χ0) is 21.4. The van der Waals surface area contributed by atoms with Crippen molar-refractivity contribution in [3.05, 3.63) is 65.2 Å². The number of carbonyl (C=O) groups is 2. The van der Waals surface area contributed by atoms with E-state index < -0.39 is 23.4 Å². The van der Waals surface area contributed by atoms with Gasteiger partial charge in [-0.05, 0) is 56.5 Å². The van der Waals surface area contributed by atoms with Crippen molar-refractivity contribution < 1.29 is 27.8 Å². The lowest BCUT2D eigenvalue weighted by atomic mass is 10.0. The third-order valence-electron chi connectivity index (χ3n) is 4.10. The highest BCUT2D eigenvalue weighted by Crippen LogP contribution is 2.19. The number of rotatable bonds is 9. The van der Waals surface area contributed by atoms with Crippen LogP contribution >= 0.6 is 0 Å². The Labute approximate surface area is 168 Å². The predicted molar refractivity (Wildman–Crippen MR) is 103 cm³/mol. The highest BCUT2D eigenvalue weighted by molar-refractivity contribution is 5.94. The van der Waals surface area contributed by atoms with Crippen LogP contribution in [0.3, 0.4) is 0 Å². The van der Waals surface area contributed by atoms with Crippen LogP contribution in [0.5, 0.6) is 5.75 Å². The molecule has 2 aromatic carbocycles. The molecule has 0 unspecified atom stereocenters. The van der Waals surface area contributed by atoms with E-state index in [1.807, 2.05) is 0 Å². The quantitative estimate of drug-likeness (QED) is 0.618. The number of benzene rings is 2. The molecule has 0 fully saturated rings. The molecular weight excluding hydrogens is 382 g/mol. The summed E-state index contributed by atoms with van der Waals surface area (Å²) in [5.74, 6) is -1.44. The molecule has 0 saturated heterocycles. The van der Waals surface area contributed by atoms with E-state index in [1.54, 1.807) is 26.0 Å². The molecule has 2 rings (SSSR count). The topological polar surface area (TPSA) is 90.7 Å². The lowest BCUT2D eigenvalue weighted by Crippen LogP contribution is -2.33. The molecule has 0 aliphatic rings. The molecule has 6 nitrogen and oxygen atoms in total. The molecule has 2 amide bonds. The van der Waals surface area contributed by atoms with E-state index in [0.717, 1.165) is 6.07 Å². The normalized spacial score (nSPS) is 11.0. The van der Waals surface area contributed by atoms with Gasteiger partial charge in [-0.1, -0.05) is 12.1 Å². The summed E-state index contributed by atoms with van der Waals surface area (Å²) in [4.78, 5) is 23.0. The van der Waals surface area contributed by atoms with Crippen molar-refractivity contribution in [1.29, 1.82) is 0 Å². The zero-order valence-electron chi connectivity index (χ0n) is 16.3. The van der Waals surface area contributed by atoms with Gasteiger partial charge >= 0.3 is 6.09 Å². The first-order valence-corrected chi connectivity index (χ1v) is 9.10. The Hall–Kier alpha value is -3.16. The molecule has 29 heavy (non-hydrogen) atoms. The van der Waals surface area contributed by atoms with E-state index in [2.05, 4.69) is 5.32 Å². The molecule has 0 radical (unpaired) electrons. The second-order valence-electron chi connectivity index (χ2n) is 7.10. The molecule has 0 bridgehead atoms. The Morgan fingerprint density at radius 3 is 2.55 bits per heavy atom. The third-order valence-corrected chi connectivity index (χ3v) is 4.10. The largest absolute Gasteiger partial charge is 0.489 e. The maximum atomic E-state index is 14.3. The first-order valence-electron chi connectivity index (χ1n) is 9.10. The number of nitrogens with one attached hydrogen (secondary N) is 1.